The van der Waals surface area contributed by atoms with Gasteiger partial charge in [-0.15, -0.1) is 0 Å². The van der Waals surface area contributed by atoms with Crippen LogP contribution in [0.15, 0.2) is 0 Å². The van der Waals surface area contributed by atoms with E-state index in [1.807, 2.05) is 0 Å². The number of hydrogen-bond acceptors (Lipinski definition) is 1. The van der Waals surface area contributed by atoms with E-state index in [1.165, 1.54) is 32.1 Å². The maximum absolute atomic E-state index is 9.97. The van der Waals surface area contributed by atoms with Crippen molar-refractivity contribution in [1.29, 1.82) is 0 Å². The molecular formula is C12H24O. The first-order valence-corrected chi connectivity index (χ1v) is 5.82. The molecule has 0 radical (unpaired) electrons. The molecule has 1 aliphatic carbocycles. The summed E-state index contributed by atoms with van der Waals surface area (Å²) >= 11 is 0. The fourth-order valence-electron chi connectivity index (χ4n) is 2.70. The highest BCUT2D eigenvalue weighted by Gasteiger charge is 2.36. The van der Waals surface area contributed by atoms with Crippen molar-refractivity contribution in [1.82, 2.24) is 0 Å². The molecule has 0 aliphatic heterocycles. The zero-order valence-electron chi connectivity index (χ0n) is 9.34. The van der Waals surface area contributed by atoms with Gasteiger partial charge in [-0.1, -0.05) is 46.5 Å². The normalized spacial score (nSPS) is 30.5. The van der Waals surface area contributed by atoms with Gasteiger partial charge in [-0.25, -0.2) is 0 Å². The molecule has 0 bridgehead atoms. The van der Waals surface area contributed by atoms with Crippen molar-refractivity contribution in [3.8, 4) is 0 Å². The molecule has 1 saturated carbocycles. The summed E-state index contributed by atoms with van der Waals surface area (Å²) in [7, 11) is 0. The maximum atomic E-state index is 9.97. The van der Waals surface area contributed by atoms with Gasteiger partial charge in [0, 0.05) is 0 Å². The minimum Gasteiger partial charge on any atom is -0.393 e. The zero-order valence-corrected chi connectivity index (χ0v) is 9.34. The third-order valence-electron chi connectivity index (χ3n) is 4.24. The molecule has 2 atom stereocenters. The molecule has 1 fully saturated rings. The van der Waals surface area contributed by atoms with Crippen LogP contribution >= 0.6 is 0 Å². The van der Waals surface area contributed by atoms with Crippen LogP contribution in [0.25, 0.3) is 0 Å². The van der Waals surface area contributed by atoms with Crippen LogP contribution in [0.3, 0.4) is 0 Å². The van der Waals surface area contributed by atoms with Crippen molar-refractivity contribution in [3.05, 3.63) is 0 Å². The Morgan fingerprint density at radius 1 is 1.15 bits per heavy atom. The van der Waals surface area contributed by atoms with E-state index in [0.717, 1.165) is 6.42 Å². The molecular weight excluding hydrogens is 160 g/mol. The Bertz CT molecular complexity index is 149. The average Bonchev–Trinajstić information content (AvgIpc) is 2.17. The predicted octanol–water partition coefficient (Wildman–Crippen LogP) is 3.36. The van der Waals surface area contributed by atoms with E-state index in [-0.39, 0.29) is 6.10 Å². The Morgan fingerprint density at radius 3 is 2.15 bits per heavy atom. The third kappa shape index (κ3) is 2.25. The highest BCUT2D eigenvalue weighted by molar-refractivity contribution is 4.87. The first kappa shape index (κ1) is 11.0. The fourth-order valence-corrected chi connectivity index (χ4v) is 2.70. The van der Waals surface area contributed by atoms with Crippen LogP contribution in [0.5, 0.6) is 0 Å². The largest absolute Gasteiger partial charge is 0.393 e. The standard InChI is InChI=1S/C12H24O/c1-4-12(3,5-2)10-8-6-7-9-11(10)13/h10-11,13H,4-9H2,1-3H3/t10-,11-/m1/s1. The molecule has 1 aliphatic rings. The second-order valence-electron chi connectivity index (χ2n) is 4.82. The van der Waals surface area contributed by atoms with Crippen LogP contribution in [0.4, 0.5) is 0 Å². The van der Waals surface area contributed by atoms with Gasteiger partial charge in [-0.05, 0) is 24.2 Å². The van der Waals surface area contributed by atoms with E-state index in [1.54, 1.807) is 0 Å². The molecule has 0 saturated heterocycles. The van der Waals surface area contributed by atoms with Gasteiger partial charge in [0.05, 0.1) is 6.10 Å². The van der Waals surface area contributed by atoms with E-state index in [0.29, 0.717) is 11.3 Å². The molecule has 13 heavy (non-hydrogen) atoms. The Balaban J connectivity index is 2.65. The minimum atomic E-state index is -0.0290. The van der Waals surface area contributed by atoms with Gasteiger partial charge in [0.25, 0.3) is 0 Å². The van der Waals surface area contributed by atoms with Gasteiger partial charge in [0.15, 0.2) is 0 Å². The fraction of sp³-hybridized carbons (Fsp3) is 1.00. The summed E-state index contributed by atoms with van der Waals surface area (Å²) < 4.78 is 0. The lowest BCUT2D eigenvalue weighted by atomic mass is 9.66. The van der Waals surface area contributed by atoms with Crippen molar-refractivity contribution in [2.75, 3.05) is 0 Å². The summed E-state index contributed by atoms with van der Waals surface area (Å²) in [5.41, 5.74) is 0.375. The van der Waals surface area contributed by atoms with Gasteiger partial charge in [0.2, 0.25) is 0 Å². The molecule has 1 rings (SSSR count). The Morgan fingerprint density at radius 2 is 1.69 bits per heavy atom. The van der Waals surface area contributed by atoms with E-state index in [9.17, 15) is 5.11 Å². The summed E-state index contributed by atoms with van der Waals surface area (Å²) in [6.45, 7) is 6.85. The van der Waals surface area contributed by atoms with Crippen molar-refractivity contribution in [2.45, 2.75) is 65.4 Å². The summed E-state index contributed by atoms with van der Waals surface area (Å²) in [6.07, 6.45) is 7.17. The number of rotatable bonds is 3. The predicted molar refractivity (Wildman–Crippen MR) is 56.7 cm³/mol. The van der Waals surface area contributed by atoms with Crippen molar-refractivity contribution >= 4 is 0 Å². The number of aliphatic hydroxyl groups excluding tert-OH is 1. The maximum Gasteiger partial charge on any atom is 0.0573 e. The first-order chi connectivity index (χ1) is 6.14. The average molecular weight is 184 g/mol. The molecule has 1 nitrogen and oxygen atoms in total. The van der Waals surface area contributed by atoms with E-state index < -0.39 is 0 Å². The van der Waals surface area contributed by atoms with Crippen molar-refractivity contribution in [3.63, 3.8) is 0 Å². The molecule has 0 unspecified atom stereocenters. The van der Waals surface area contributed by atoms with Gasteiger partial charge in [-0.3, -0.25) is 0 Å². The van der Waals surface area contributed by atoms with Crippen LogP contribution in [-0.2, 0) is 0 Å². The lowest BCUT2D eigenvalue weighted by molar-refractivity contribution is -0.00949. The van der Waals surface area contributed by atoms with Gasteiger partial charge in [0.1, 0.15) is 0 Å². The molecule has 0 aromatic rings. The van der Waals surface area contributed by atoms with E-state index >= 15 is 0 Å². The summed E-state index contributed by atoms with van der Waals surface area (Å²) in [4.78, 5) is 0. The van der Waals surface area contributed by atoms with Crippen LogP contribution in [0, 0.1) is 11.3 Å². The summed E-state index contributed by atoms with van der Waals surface area (Å²) in [6, 6.07) is 0. The molecule has 78 valence electrons. The lowest BCUT2D eigenvalue weighted by Gasteiger charge is -2.41. The minimum absolute atomic E-state index is 0.0290. The zero-order chi connectivity index (χ0) is 9.90. The summed E-state index contributed by atoms with van der Waals surface area (Å²) in [5, 5.41) is 9.97. The lowest BCUT2D eigenvalue weighted by Crippen LogP contribution is -2.37. The third-order valence-corrected chi connectivity index (χ3v) is 4.24. The first-order valence-electron chi connectivity index (χ1n) is 5.82. The number of aliphatic hydroxyl groups is 1. The molecule has 1 heteroatoms. The van der Waals surface area contributed by atoms with Crippen LogP contribution in [0.2, 0.25) is 0 Å². The SMILES string of the molecule is CCC(C)(CC)[C@@H]1CCCC[C@H]1O. The second kappa shape index (κ2) is 4.45. The molecule has 0 spiro atoms. The van der Waals surface area contributed by atoms with Crippen LogP contribution < -0.4 is 0 Å². The van der Waals surface area contributed by atoms with Gasteiger partial charge >= 0.3 is 0 Å². The highest BCUT2D eigenvalue weighted by Crippen LogP contribution is 2.43. The van der Waals surface area contributed by atoms with Crippen molar-refractivity contribution < 1.29 is 5.11 Å². The highest BCUT2D eigenvalue weighted by atomic mass is 16.3. The smallest absolute Gasteiger partial charge is 0.0573 e. The topological polar surface area (TPSA) is 20.2 Å². The molecule has 0 aromatic carbocycles. The summed E-state index contributed by atoms with van der Waals surface area (Å²) in [5.74, 6) is 0.552. The van der Waals surface area contributed by atoms with E-state index in [4.69, 9.17) is 0 Å². The van der Waals surface area contributed by atoms with Crippen molar-refractivity contribution in [2.24, 2.45) is 11.3 Å². The van der Waals surface area contributed by atoms with Crippen LogP contribution in [-0.4, -0.2) is 11.2 Å². The quantitative estimate of drug-likeness (QED) is 0.713. The molecule has 1 N–H and O–H groups in total. The van der Waals surface area contributed by atoms with Gasteiger partial charge < -0.3 is 5.11 Å². The molecule has 0 heterocycles. The Hall–Kier alpha value is -0.0400. The monoisotopic (exact) mass is 184 g/mol. The Labute approximate surface area is 82.5 Å². The number of hydrogen-bond donors (Lipinski definition) is 1. The second-order valence-corrected chi connectivity index (χ2v) is 4.82. The molecule has 0 amide bonds. The van der Waals surface area contributed by atoms with Gasteiger partial charge in [-0.2, -0.15) is 0 Å². The van der Waals surface area contributed by atoms with Crippen LogP contribution in [0.1, 0.15) is 59.3 Å². The Kier molecular flexibility index (Phi) is 3.78. The molecule has 0 aromatic heterocycles. The van der Waals surface area contributed by atoms with E-state index in [2.05, 4.69) is 20.8 Å².